The van der Waals surface area contributed by atoms with Crippen LogP contribution in [0.4, 0.5) is 11.4 Å². The summed E-state index contributed by atoms with van der Waals surface area (Å²) in [6.07, 6.45) is 0. The highest BCUT2D eigenvalue weighted by Crippen LogP contribution is 2.30. The zero-order valence-corrected chi connectivity index (χ0v) is 16.5. The average Bonchev–Trinajstić information content (AvgIpc) is 3.20. The van der Waals surface area contributed by atoms with E-state index in [1.165, 1.54) is 0 Å². The molecule has 1 aromatic heterocycles. The van der Waals surface area contributed by atoms with Crippen molar-refractivity contribution in [3.63, 3.8) is 0 Å². The Bertz CT molecular complexity index is 980. The molecule has 1 fully saturated rings. The molecular weight excluding hydrogens is 399 g/mol. The van der Waals surface area contributed by atoms with Gasteiger partial charge in [-0.05, 0) is 54.6 Å². The van der Waals surface area contributed by atoms with Gasteiger partial charge in [0.1, 0.15) is 5.76 Å². The van der Waals surface area contributed by atoms with Gasteiger partial charge in [0.25, 0.3) is 5.91 Å². The van der Waals surface area contributed by atoms with Crippen LogP contribution in [0.3, 0.4) is 0 Å². The van der Waals surface area contributed by atoms with Crippen LogP contribution in [-0.4, -0.2) is 32.2 Å². The molecule has 1 aliphatic heterocycles. The summed E-state index contributed by atoms with van der Waals surface area (Å²) in [5.74, 6) is 0.483. The second-order valence-electron chi connectivity index (χ2n) is 6.39. The zero-order chi connectivity index (χ0) is 19.5. The van der Waals surface area contributed by atoms with Crippen molar-refractivity contribution in [1.82, 2.24) is 0 Å². The standard InChI is InChI=1S/C21H18Cl2N2O3/c22-15-3-1-14(2-4-15)19-7-8-20(28-19)21(26)24-16-5-6-18(17(23)13-16)25-9-11-27-12-10-25/h1-8,13H,9-12H2,(H,24,26). The fraction of sp³-hybridized carbons (Fsp3) is 0.190. The summed E-state index contributed by atoms with van der Waals surface area (Å²) in [7, 11) is 0. The van der Waals surface area contributed by atoms with Crippen LogP contribution in [0, 0.1) is 0 Å². The lowest BCUT2D eigenvalue weighted by molar-refractivity contribution is 0.0997. The number of furan rings is 1. The van der Waals surface area contributed by atoms with Crippen LogP contribution in [0.15, 0.2) is 59.0 Å². The number of benzene rings is 2. The number of nitrogens with one attached hydrogen (secondary N) is 1. The highest BCUT2D eigenvalue weighted by atomic mass is 35.5. The third-order valence-corrected chi connectivity index (χ3v) is 5.07. The molecule has 0 spiro atoms. The van der Waals surface area contributed by atoms with Crippen molar-refractivity contribution in [3.8, 4) is 11.3 Å². The average molecular weight is 417 g/mol. The Labute approximate surface area is 172 Å². The van der Waals surface area contributed by atoms with Crippen molar-refractivity contribution in [2.24, 2.45) is 0 Å². The van der Waals surface area contributed by atoms with E-state index in [2.05, 4.69) is 10.2 Å². The Morgan fingerprint density at radius 2 is 1.71 bits per heavy atom. The number of halogens is 2. The van der Waals surface area contributed by atoms with E-state index in [1.807, 2.05) is 24.3 Å². The summed E-state index contributed by atoms with van der Waals surface area (Å²) in [4.78, 5) is 14.7. The molecule has 3 aromatic rings. The van der Waals surface area contributed by atoms with E-state index in [9.17, 15) is 4.79 Å². The quantitative estimate of drug-likeness (QED) is 0.623. The largest absolute Gasteiger partial charge is 0.451 e. The number of hydrogen-bond donors (Lipinski definition) is 1. The van der Waals surface area contributed by atoms with Crippen LogP contribution >= 0.6 is 23.2 Å². The number of anilines is 2. The molecular formula is C21H18Cl2N2O3. The number of carbonyl (C=O) groups excluding carboxylic acids is 1. The van der Waals surface area contributed by atoms with E-state index in [1.54, 1.807) is 30.3 Å². The minimum Gasteiger partial charge on any atom is -0.451 e. The van der Waals surface area contributed by atoms with E-state index in [0.717, 1.165) is 24.3 Å². The molecule has 0 bridgehead atoms. The second kappa shape index (κ2) is 8.27. The van der Waals surface area contributed by atoms with Gasteiger partial charge in [-0.3, -0.25) is 4.79 Å². The van der Waals surface area contributed by atoms with Crippen molar-refractivity contribution in [3.05, 3.63) is 70.4 Å². The van der Waals surface area contributed by atoms with Gasteiger partial charge in [-0.2, -0.15) is 0 Å². The summed E-state index contributed by atoms with van der Waals surface area (Å²) in [6.45, 7) is 2.96. The van der Waals surface area contributed by atoms with Gasteiger partial charge < -0.3 is 19.4 Å². The first-order valence-corrected chi connectivity index (χ1v) is 9.65. The Hall–Kier alpha value is -2.47. The van der Waals surface area contributed by atoms with E-state index in [-0.39, 0.29) is 11.7 Å². The monoisotopic (exact) mass is 416 g/mol. The Morgan fingerprint density at radius 3 is 2.43 bits per heavy atom. The maximum atomic E-state index is 12.5. The van der Waals surface area contributed by atoms with Crippen LogP contribution < -0.4 is 10.2 Å². The molecule has 28 heavy (non-hydrogen) atoms. The summed E-state index contributed by atoms with van der Waals surface area (Å²) >= 11 is 12.3. The summed E-state index contributed by atoms with van der Waals surface area (Å²) < 4.78 is 11.0. The molecule has 7 heteroatoms. The van der Waals surface area contributed by atoms with Gasteiger partial charge in [-0.25, -0.2) is 0 Å². The predicted octanol–water partition coefficient (Wildman–Crippen LogP) is 5.34. The Kier molecular flexibility index (Phi) is 5.57. The molecule has 0 atom stereocenters. The predicted molar refractivity (Wildman–Crippen MR) is 112 cm³/mol. The number of carbonyl (C=O) groups is 1. The van der Waals surface area contributed by atoms with E-state index < -0.39 is 0 Å². The molecule has 2 aromatic carbocycles. The van der Waals surface area contributed by atoms with Gasteiger partial charge in [0, 0.05) is 29.4 Å². The lowest BCUT2D eigenvalue weighted by atomic mass is 10.2. The molecule has 0 saturated carbocycles. The highest BCUT2D eigenvalue weighted by Gasteiger charge is 2.16. The van der Waals surface area contributed by atoms with Gasteiger partial charge >= 0.3 is 0 Å². The van der Waals surface area contributed by atoms with E-state index in [0.29, 0.717) is 34.7 Å². The van der Waals surface area contributed by atoms with Crippen LogP contribution in [0.2, 0.25) is 10.0 Å². The summed E-state index contributed by atoms with van der Waals surface area (Å²) in [5.41, 5.74) is 2.39. The molecule has 1 N–H and O–H groups in total. The molecule has 5 nitrogen and oxygen atoms in total. The number of amides is 1. The molecule has 1 saturated heterocycles. The van der Waals surface area contributed by atoms with Crippen molar-refractivity contribution in [2.75, 3.05) is 36.5 Å². The number of hydrogen-bond acceptors (Lipinski definition) is 4. The van der Waals surface area contributed by atoms with E-state index >= 15 is 0 Å². The number of rotatable bonds is 4. The fourth-order valence-electron chi connectivity index (χ4n) is 3.07. The third kappa shape index (κ3) is 4.17. The molecule has 144 valence electrons. The van der Waals surface area contributed by atoms with Gasteiger partial charge in [0.2, 0.25) is 0 Å². The topological polar surface area (TPSA) is 54.7 Å². The smallest absolute Gasteiger partial charge is 0.291 e. The van der Waals surface area contributed by atoms with Crippen molar-refractivity contribution < 1.29 is 13.9 Å². The van der Waals surface area contributed by atoms with Crippen molar-refractivity contribution >= 4 is 40.5 Å². The maximum absolute atomic E-state index is 12.5. The molecule has 2 heterocycles. The van der Waals surface area contributed by atoms with Crippen LogP contribution in [-0.2, 0) is 4.74 Å². The van der Waals surface area contributed by atoms with Gasteiger partial charge in [0.15, 0.2) is 5.76 Å². The number of nitrogens with zero attached hydrogens (tertiary/aromatic N) is 1. The van der Waals surface area contributed by atoms with Crippen LogP contribution in [0.5, 0.6) is 0 Å². The third-order valence-electron chi connectivity index (χ3n) is 4.52. The zero-order valence-electron chi connectivity index (χ0n) is 15.0. The van der Waals surface area contributed by atoms with E-state index in [4.69, 9.17) is 32.4 Å². The highest BCUT2D eigenvalue weighted by molar-refractivity contribution is 6.33. The fourth-order valence-corrected chi connectivity index (χ4v) is 3.49. The van der Waals surface area contributed by atoms with Crippen molar-refractivity contribution in [1.29, 1.82) is 0 Å². The minimum absolute atomic E-state index is 0.221. The first-order valence-electron chi connectivity index (χ1n) is 8.89. The van der Waals surface area contributed by atoms with Crippen molar-refractivity contribution in [2.45, 2.75) is 0 Å². The molecule has 0 unspecified atom stereocenters. The minimum atomic E-state index is -0.338. The molecule has 4 rings (SSSR count). The molecule has 0 radical (unpaired) electrons. The first-order chi connectivity index (χ1) is 13.6. The van der Waals surface area contributed by atoms with Gasteiger partial charge in [0.05, 0.1) is 23.9 Å². The summed E-state index contributed by atoms with van der Waals surface area (Å²) in [6, 6.07) is 16.1. The second-order valence-corrected chi connectivity index (χ2v) is 7.23. The Balaban J connectivity index is 1.46. The summed E-state index contributed by atoms with van der Waals surface area (Å²) in [5, 5.41) is 4.05. The molecule has 0 aliphatic carbocycles. The maximum Gasteiger partial charge on any atom is 0.291 e. The lowest BCUT2D eigenvalue weighted by Crippen LogP contribution is -2.36. The van der Waals surface area contributed by atoms with Gasteiger partial charge in [-0.15, -0.1) is 0 Å². The SMILES string of the molecule is O=C(Nc1ccc(N2CCOCC2)c(Cl)c1)c1ccc(-c2ccc(Cl)cc2)o1. The Morgan fingerprint density at radius 1 is 0.964 bits per heavy atom. The lowest BCUT2D eigenvalue weighted by Gasteiger charge is -2.29. The normalized spacial score (nSPS) is 14.1. The van der Waals surface area contributed by atoms with Gasteiger partial charge in [-0.1, -0.05) is 23.2 Å². The van der Waals surface area contributed by atoms with Crippen LogP contribution in [0.25, 0.3) is 11.3 Å². The number of ether oxygens (including phenoxy) is 1. The van der Waals surface area contributed by atoms with Crippen LogP contribution in [0.1, 0.15) is 10.6 Å². The first kappa shape index (κ1) is 18.9. The number of morpholine rings is 1. The molecule has 1 amide bonds. The molecule has 1 aliphatic rings.